The SMILES string of the molecule is CC(NC(C)c1ccc(Cl)cc1)C(=O)NCc1cccs1. The minimum Gasteiger partial charge on any atom is -0.350 e. The third kappa shape index (κ3) is 4.84. The molecule has 2 atom stereocenters. The second-order valence-corrected chi connectivity index (χ2v) is 6.43. The lowest BCUT2D eigenvalue weighted by atomic mass is 10.1. The second kappa shape index (κ2) is 7.59. The fraction of sp³-hybridized carbons (Fsp3) is 0.312. The van der Waals surface area contributed by atoms with Gasteiger partial charge < -0.3 is 5.32 Å². The molecule has 1 aromatic carbocycles. The molecule has 21 heavy (non-hydrogen) atoms. The van der Waals surface area contributed by atoms with Crippen molar-refractivity contribution in [3.8, 4) is 0 Å². The van der Waals surface area contributed by atoms with Crippen LogP contribution in [0.15, 0.2) is 41.8 Å². The van der Waals surface area contributed by atoms with Crippen LogP contribution < -0.4 is 10.6 Å². The maximum atomic E-state index is 12.1. The Balaban J connectivity index is 1.83. The number of benzene rings is 1. The van der Waals surface area contributed by atoms with Crippen molar-refractivity contribution in [2.45, 2.75) is 32.5 Å². The van der Waals surface area contributed by atoms with Crippen LogP contribution >= 0.6 is 22.9 Å². The summed E-state index contributed by atoms with van der Waals surface area (Å²) in [6, 6.07) is 11.5. The lowest BCUT2D eigenvalue weighted by molar-refractivity contribution is -0.123. The van der Waals surface area contributed by atoms with Gasteiger partial charge in [0.15, 0.2) is 0 Å². The quantitative estimate of drug-likeness (QED) is 0.850. The van der Waals surface area contributed by atoms with E-state index in [0.29, 0.717) is 11.6 Å². The summed E-state index contributed by atoms with van der Waals surface area (Å²) in [7, 11) is 0. The topological polar surface area (TPSA) is 41.1 Å². The molecular weight excluding hydrogens is 304 g/mol. The molecule has 0 aliphatic carbocycles. The van der Waals surface area contributed by atoms with Crippen molar-refractivity contribution in [1.82, 2.24) is 10.6 Å². The summed E-state index contributed by atoms with van der Waals surface area (Å²) in [6.45, 7) is 4.49. The van der Waals surface area contributed by atoms with Crippen molar-refractivity contribution < 1.29 is 4.79 Å². The van der Waals surface area contributed by atoms with Gasteiger partial charge in [-0.15, -0.1) is 11.3 Å². The van der Waals surface area contributed by atoms with E-state index in [-0.39, 0.29) is 18.0 Å². The lowest BCUT2D eigenvalue weighted by Crippen LogP contribution is -2.42. The summed E-state index contributed by atoms with van der Waals surface area (Å²) in [5.41, 5.74) is 1.11. The highest BCUT2D eigenvalue weighted by atomic mass is 35.5. The molecular formula is C16H19ClN2OS. The van der Waals surface area contributed by atoms with E-state index in [0.717, 1.165) is 10.4 Å². The highest BCUT2D eigenvalue weighted by molar-refractivity contribution is 7.09. The predicted molar refractivity (Wildman–Crippen MR) is 88.6 cm³/mol. The van der Waals surface area contributed by atoms with E-state index in [2.05, 4.69) is 10.6 Å². The zero-order chi connectivity index (χ0) is 15.2. The van der Waals surface area contributed by atoms with E-state index in [1.807, 2.05) is 55.6 Å². The van der Waals surface area contributed by atoms with Gasteiger partial charge in [0, 0.05) is 15.9 Å². The van der Waals surface area contributed by atoms with Crippen LogP contribution in [0.4, 0.5) is 0 Å². The number of carbonyl (C=O) groups excluding carboxylic acids is 1. The van der Waals surface area contributed by atoms with Crippen molar-refractivity contribution in [2.24, 2.45) is 0 Å². The Labute approximate surface area is 134 Å². The molecule has 0 bridgehead atoms. The first-order valence-corrected chi connectivity index (χ1v) is 8.13. The Morgan fingerprint density at radius 2 is 1.95 bits per heavy atom. The Morgan fingerprint density at radius 1 is 1.24 bits per heavy atom. The molecule has 0 aliphatic rings. The summed E-state index contributed by atoms with van der Waals surface area (Å²) in [4.78, 5) is 13.2. The molecule has 1 heterocycles. The Kier molecular flexibility index (Phi) is 5.79. The van der Waals surface area contributed by atoms with Crippen LogP contribution in [0.5, 0.6) is 0 Å². The molecule has 0 saturated carbocycles. The molecule has 0 radical (unpaired) electrons. The number of thiophene rings is 1. The van der Waals surface area contributed by atoms with Gasteiger partial charge in [-0.1, -0.05) is 29.8 Å². The number of amides is 1. The third-order valence-electron chi connectivity index (χ3n) is 3.28. The first kappa shape index (κ1) is 16.0. The van der Waals surface area contributed by atoms with Gasteiger partial charge in [-0.25, -0.2) is 0 Å². The van der Waals surface area contributed by atoms with Crippen LogP contribution in [0.3, 0.4) is 0 Å². The molecule has 1 amide bonds. The van der Waals surface area contributed by atoms with Gasteiger partial charge in [0.1, 0.15) is 0 Å². The zero-order valence-corrected chi connectivity index (χ0v) is 13.7. The van der Waals surface area contributed by atoms with Gasteiger partial charge in [0.25, 0.3) is 0 Å². The summed E-state index contributed by atoms with van der Waals surface area (Å²) in [6.07, 6.45) is 0. The van der Waals surface area contributed by atoms with E-state index < -0.39 is 0 Å². The number of halogens is 1. The smallest absolute Gasteiger partial charge is 0.237 e. The first-order valence-electron chi connectivity index (χ1n) is 6.88. The van der Waals surface area contributed by atoms with E-state index in [1.165, 1.54) is 0 Å². The van der Waals surface area contributed by atoms with Crippen LogP contribution in [0.1, 0.15) is 30.3 Å². The van der Waals surface area contributed by atoms with Gasteiger partial charge in [0.2, 0.25) is 5.91 Å². The summed E-state index contributed by atoms with van der Waals surface area (Å²) >= 11 is 7.52. The Morgan fingerprint density at radius 3 is 2.57 bits per heavy atom. The van der Waals surface area contributed by atoms with E-state index >= 15 is 0 Å². The normalized spacial score (nSPS) is 13.7. The largest absolute Gasteiger partial charge is 0.350 e. The molecule has 2 N–H and O–H groups in total. The van der Waals surface area contributed by atoms with Crippen molar-refractivity contribution in [1.29, 1.82) is 0 Å². The van der Waals surface area contributed by atoms with Gasteiger partial charge in [-0.2, -0.15) is 0 Å². The minimum atomic E-state index is -0.254. The van der Waals surface area contributed by atoms with E-state index in [9.17, 15) is 4.79 Å². The fourth-order valence-corrected chi connectivity index (χ4v) is 2.81. The number of hydrogen-bond acceptors (Lipinski definition) is 3. The molecule has 0 spiro atoms. The summed E-state index contributed by atoms with van der Waals surface area (Å²) < 4.78 is 0. The van der Waals surface area contributed by atoms with E-state index in [4.69, 9.17) is 11.6 Å². The predicted octanol–water partition coefficient (Wildman–Crippen LogP) is 3.76. The molecule has 0 aliphatic heterocycles. The molecule has 2 aromatic rings. The zero-order valence-electron chi connectivity index (χ0n) is 12.1. The van der Waals surface area contributed by atoms with Crippen molar-refractivity contribution >= 4 is 28.8 Å². The van der Waals surface area contributed by atoms with Crippen LogP contribution in [0, 0.1) is 0 Å². The van der Waals surface area contributed by atoms with Crippen LogP contribution in [-0.4, -0.2) is 11.9 Å². The van der Waals surface area contributed by atoms with Gasteiger partial charge >= 0.3 is 0 Å². The number of hydrogen-bond donors (Lipinski definition) is 2. The van der Waals surface area contributed by atoms with Crippen LogP contribution in [0.2, 0.25) is 5.02 Å². The van der Waals surface area contributed by atoms with E-state index in [1.54, 1.807) is 11.3 Å². The van der Waals surface area contributed by atoms with Gasteiger partial charge in [-0.05, 0) is 43.0 Å². The standard InChI is InChI=1S/C16H19ClN2OS/c1-11(13-5-7-14(17)8-6-13)19-12(2)16(20)18-10-15-4-3-9-21-15/h3-9,11-12,19H,10H2,1-2H3,(H,18,20). The molecule has 1 aromatic heterocycles. The molecule has 2 unspecified atom stereocenters. The molecule has 3 nitrogen and oxygen atoms in total. The molecule has 112 valence electrons. The molecule has 0 fully saturated rings. The maximum Gasteiger partial charge on any atom is 0.237 e. The number of nitrogens with one attached hydrogen (secondary N) is 2. The first-order chi connectivity index (χ1) is 10.1. The van der Waals surface area contributed by atoms with Crippen LogP contribution in [-0.2, 0) is 11.3 Å². The fourth-order valence-electron chi connectivity index (χ4n) is 2.04. The molecule has 2 rings (SSSR count). The van der Waals surface area contributed by atoms with Gasteiger partial charge in [0.05, 0.1) is 12.6 Å². The summed E-state index contributed by atoms with van der Waals surface area (Å²) in [5.74, 6) is 0.00390. The Bertz CT molecular complexity index is 568. The second-order valence-electron chi connectivity index (χ2n) is 4.96. The van der Waals surface area contributed by atoms with Crippen molar-refractivity contribution in [3.63, 3.8) is 0 Å². The highest BCUT2D eigenvalue weighted by Gasteiger charge is 2.16. The molecule has 5 heteroatoms. The average molecular weight is 323 g/mol. The average Bonchev–Trinajstić information content (AvgIpc) is 2.98. The minimum absolute atomic E-state index is 0.00390. The third-order valence-corrected chi connectivity index (χ3v) is 4.41. The van der Waals surface area contributed by atoms with Crippen molar-refractivity contribution in [3.05, 3.63) is 57.2 Å². The van der Waals surface area contributed by atoms with Crippen molar-refractivity contribution in [2.75, 3.05) is 0 Å². The maximum absolute atomic E-state index is 12.1. The lowest BCUT2D eigenvalue weighted by Gasteiger charge is -2.20. The van der Waals surface area contributed by atoms with Gasteiger partial charge in [-0.3, -0.25) is 10.1 Å². The molecule has 0 saturated heterocycles. The number of carbonyl (C=O) groups is 1. The summed E-state index contributed by atoms with van der Waals surface area (Å²) in [5, 5.41) is 8.95. The Hall–Kier alpha value is -1.36. The highest BCUT2D eigenvalue weighted by Crippen LogP contribution is 2.16. The van der Waals surface area contributed by atoms with Crippen LogP contribution in [0.25, 0.3) is 0 Å². The monoisotopic (exact) mass is 322 g/mol. The number of rotatable bonds is 6.